The first-order valence-corrected chi connectivity index (χ1v) is 7.66. The summed E-state index contributed by atoms with van der Waals surface area (Å²) < 4.78 is 0. The van der Waals surface area contributed by atoms with E-state index in [-0.39, 0.29) is 7.92 Å². The van der Waals surface area contributed by atoms with Gasteiger partial charge in [0.15, 0.2) is 0 Å². The van der Waals surface area contributed by atoms with Crippen molar-refractivity contribution in [2.75, 3.05) is 12.3 Å². The van der Waals surface area contributed by atoms with Crippen LogP contribution >= 0.6 is 7.92 Å². The van der Waals surface area contributed by atoms with Gasteiger partial charge in [-0.3, -0.25) is 0 Å². The summed E-state index contributed by atoms with van der Waals surface area (Å²) in [5.74, 6) is 0. The maximum Gasteiger partial charge on any atom is 0.0117 e. The normalized spacial score (nSPS) is 36.4. The van der Waals surface area contributed by atoms with E-state index in [1.807, 2.05) is 0 Å². The van der Waals surface area contributed by atoms with Crippen LogP contribution in [0.25, 0.3) is 0 Å². The molecule has 0 bridgehead atoms. The molecule has 0 N–H and O–H groups in total. The molecule has 2 atom stereocenters. The Morgan fingerprint density at radius 2 is 2.29 bits per heavy atom. The van der Waals surface area contributed by atoms with Gasteiger partial charge in [0.1, 0.15) is 0 Å². The van der Waals surface area contributed by atoms with Gasteiger partial charge >= 0.3 is 0 Å². The van der Waals surface area contributed by atoms with Crippen LogP contribution in [0.15, 0.2) is 23.8 Å². The van der Waals surface area contributed by atoms with E-state index in [9.17, 15) is 0 Å². The summed E-state index contributed by atoms with van der Waals surface area (Å²) in [7, 11) is 0.290. The van der Waals surface area contributed by atoms with Crippen molar-refractivity contribution in [2.24, 2.45) is 0 Å². The molecule has 78 valence electrons. The lowest BCUT2D eigenvalue weighted by atomic mass is 9.90. The van der Waals surface area contributed by atoms with Crippen LogP contribution in [0.5, 0.6) is 0 Å². The molecule has 1 saturated heterocycles. The standard InChI is InChI=1S/C13H21P/c1-3-13(12-8-5-6-9-12)10-7-11-14(13)4-2/h5-6,8H,3-4,7,9-11H2,1-2H3. The molecule has 1 aliphatic carbocycles. The zero-order chi connectivity index (χ0) is 10.0. The molecule has 0 spiro atoms. The predicted octanol–water partition coefficient (Wildman–Crippen LogP) is 4.32. The molecule has 0 amide bonds. The number of hydrogen-bond donors (Lipinski definition) is 0. The third kappa shape index (κ3) is 1.48. The Morgan fingerprint density at radius 1 is 1.43 bits per heavy atom. The Morgan fingerprint density at radius 3 is 2.86 bits per heavy atom. The molecule has 2 unspecified atom stereocenters. The van der Waals surface area contributed by atoms with Gasteiger partial charge in [0.2, 0.25) is 0 Å². The second-order valence-corrected chi connectivity index (χ2v) is 7.41. The van der Waals surface area contributed by atoms with Crippen molar-refractivity contribution in [3.05, 3.63) is 23.8 Å². The summed E-state index contributed by atoms with van der Waals surface area (Å²) >= 11 is 0. The Hall–Kier alpha value is -0.0900. The fraction of sp³-hybridized carbons (Fsp3) is 0.692. The van der Waals surface area contributed by atoms with E-state index in [1.54, 1.807) is 5.57 Å². The summed E-state index contributed by atoms with van der Waals surface area (Å²) in [6.07, 6.45) is 15.5. The summed E-state index contributed by atoms with van der Waals surface area (Å²) in [6.45, 7) is 4.79. The van der Waals surface area contributed by atoms with Crippen LogP contribution in [0.4, 0.5) is 0 Å². The maximum atomic E-state index is 2.40. The smallest absolute Gasteiger partial charge is 0.0117 e. The first kappa shape index (κ1) is 10.4. The van der Waals surface area contributed by atoms with Crippen molar-refractivity contribution < 1.29 is 0 Å². The van der Waals surface area contributed by atoms with Crippen molar-refractivity contribution in [3.8, 4) is 0 Å². The van der Waals surface area contributed by atoms with Gasteiger partial charge in [0.05, 0.1) is 0 Å². The first-order valence-electron chi connectivity index (χ1n) is 5.94. The highest BCUT2D eigenvalue weighted by Crippen LogP contribution is 2.63. The molecular formula is C13H21P. The quantitative estimate of drug-likeness (QED) is 0.606. The summed E-state index contributed by atoms with van der Waals surface area (Å²) in [5, 5.41) is 0.646. The third-order valence-corrected chi connectivity index (χ3v) is 7.62. The molecule has 1 heteroatoms. The summed E-state index contributed by atoms with van der Waals surface area (Å²) in [4.78, 5) is 0. The first-order chi connectivity index (χ1) is 6.83. The summed E-state index contributed by atoms with van der Waals surface area (Å²) in [6, 6.07) is 0. The van der Waals surface area contributed by atoms with Crippen LogP contribution in [0.2, 0.25) is 0 Å². The van der Waals surface area contributed by atoms with Crippen LogP contribution in [0.3, 0.4) is 0 Å². The van der Waals surface area contributed by atoms with Crippen molar-refractivity contribution in [3.63, 3.8) is 0 Å². The summed E-state index contributed by atoms with van der Waals surface area (Å²) in [5.41, 5.74) is 1.76. The van der Waals surface area contributed by atoms with Crippen molar-refractivity contribution >= 4 is 7.92 Å². The van der Waals surface area contributed by atoms with Gasteiger partial charge < -0.3 is 0 Å². The molecule has 0 aromatic rings. The lowest BCUT2D eigenvalue weighted by Crippen LogP contribution is -2.25. The average Bonchev–Trinajstić information content (AvgIpc) is 2.86. The van der Waals surface area contributed by atoms with E-state index in [0.717, 1.165) is 0 Å². The van der Waals surface area contributed by atoms with Gasteiger partial charge in [-0.15, -0.1) is 0 Å². The van der Waals surface area contributed by atoms with E-state index in [2.05, 4.69) is 32.1 Å². The van der Waals surface area contributed by atoms with Crippen molar-refractivity contribution in [1.29, 1.82) is 0 Å². The van der Waals surface area contributed by atoms with Crippen LogP contribution in [-0.2, 0) is 0 Å². The molecule has 0 saturated carbocycles. The molecule has 2 rings (SSSR count). The Bertz CT molecular complexity index is 264. The molecule has 0 aromatic carbocycles. The van der Waals surface area contributed by atoms with Crippen molar-refractivity contribution in [1.82, 2.24) is 0 Å². The molecule has 2 aliphatic rings. The SMILES string of the molecule is CCP1CCCC1(CC)C1=CC=CC1. The largest absolute Gasteiger partial charge is 0.0964 e. The number of hydrogen-bond acceptors (Lipinski definition) is 0. The lowest BCUT2D eigenvalue weighted by molar-refractivity contribution is 0.599. The van der Waals surface area contributed by atoms with Gasteiger partial charge in [-0.25, -0.2) is 0 Å². The van der Waals surface area contributed by atoms with Crippen LogP contribution in [0.1, 0.15) is 39.5 Å². The molecule has 1 fully saturated rings. The topological polar surface area (TPSA) is 0 Å². The van der Waals surface area contributed by atoms with Crippen LogP contribution in [0, 0.1) is 0 Å². The van der Waals surface area contributed by atoms with Crippen molar-refractivity contribution in [2.45, 2.75) is 44.7 Å². The van der Waals surface area contributed by atoms with E-state index in [4.69, 9.17) is 0 Å². The molecule has 1 aliphatic heterocycles. The van der Waals surface area contributed by atoms with Crippen LogP contribution in [-0.4, -0.2) is 17.5 Å². The molecule has 0 aromatic heterocycles. The fourth-order valence-corrected chi connectivity index (χ4v) is 6.56. The minimum Gasteiger partial charge on any atom is -0.0964 e. The molecule has 1 heterocycles. The average molecular weight is 208 g/mol. The van der Waals surface area contributed by atoms with Gasteiger partial charge in [0, 0.05) is 5.16 Å². The maximum absolute atomic E-state index is 2.40. The van der Waals surface area contributed by atoms with E-state index >= 15 is 0 Å². The zero-order valence-electron chi connectivity index (χ0n) is 9.42. The Labute approximate surface area is 89.2 Å². The fourth-order valence-electron chi connectivity index (χ4n) is 3.18. The van der Waals surface area contributed by atoms with Gasteiger partial charge in [-0.2, -0.15) is 0 Å². The molecule has 0 nitrogen and oxygen atoms in total. The number of allylic oxidation sites excluding steroid dienone is 4. The Kier molecular flexibility index (Phi) is 3.12. The van der Waals surface area contributed by atoms with Crippen LogP contribution < -0.4 is 0 Å². The zero-order valence-corrected chi connectivity index (χ0v) is 10.3. The monoisotopic (exact) mass is 208 g/mol. The predicted molar refractivity (Wildman–Crippen MR) is 66.4 cm³/mol. The Balaban J connectivity index is 2.24. The van der Waals surface area contributed by atoms with E-state index in [0.29, 0.717) is 5.16 Å². The minimum atomic E-state index is 0.290. The third-order valence-electron chi connectivity index (χ3n) is 3.96. The highest BCUT2D eigenvalue weighted by molar-refractivity contribution is 7.60. The minimum absolute atomic E-state index is 0.290. The molecular weight excluding hydrogens is 187 g/mol. The lowest BCUT2D eigenvalue weighted by Gasteiger charge is -2.36. The molecule has 0 radical (unpaired) electrons. The second kappa shape index (κ2) is 4.19. The van der Waals surface area contributed by atoms with E-state index < -0.39 is 0 Å². The van der Waals surface area contributed by atoms with Gasteiger partial charge in [0.25, 0.3) is 0 Å². The second-order valence-electron chi connectivity index (χ2n) is 4.39. The number of rotatable bonds is 3. The van der Waals surface area contributed by atoms with Gasteiger partial charge in [-0.05, 0) is 38.0 Å². The highest BCUT2D eigenvalue weighted by atomic mass is 31.1. The van der Waals surface area contributed by atoms with Gasteiger partial charge in [-0.1, -0.05) is 45.6 Å². The molecule has 14 heavy (non-hydrogen) atoms. The highest BCUT2D eigenvalue weighted by Gasteiger charge is 2.42. The van der Waals surface area contributed by atoms with E-state index in [1.165, 1.54) is 38.0 Å².